The number of rotatable bonds is 5. The van der Waals surface area contributed by atoms with Crippen LogP contribution in [0.25, 0.3) is 0 Å². The Morgan fingerprint density at radius 3 is 2.43 bits per heavy atom. The van der Waals surface area contributed by atoms with Gasteiger partial charge >= 0.3 is 0 Å². The molecule has 0 aromatic heterocycles. The Bertz CT molecular complexity index is 638. The van der Waals surface area contributed by atoms with Gasteiger partial charge in [-0.1, -0.05) is 19.1 Å². The molecule has 2 N–H and O–H groups in total. The highest BCUT2D eigenvalue weighted by atomic mass is 16.6. The number of nitrogens with zero attached hydrogens (tertiary/aromatic N) is 1. The molecule has 0 saturated carbocycles. The zero-order valence-electron chi connectivity index (χ0n) is 12.0. The number of hydrogen-bond acceptors (Lipinski definition) is 4. The Hall–Kier alpha value is -2.56. The highest BCUT2D eigenvalue weighted by molar-refractivity contribution is 5.56. The van der Waals surface area contributed by atoms with Crippen LogP contribution < -0.4 is 5.32 Å². The van der Waals surface area contributed by atoms with Gasteiger partial charge in [-0.3, -0.25) is 10.1 Å². The summed E-state index contributed by atoms with van der Waals surface area (Å²) in [6.45, 7) is 3.91. The summed E-state index contributed by atoms with van der Waals surface area (Å²) < 4.78 is 0. The topological polar surface area (TPSA) is 75.4 Å². The molecule has 0 amide bonds. The van der Waals surface area contributed by atoms with E-state index in [4.69, 9.17) is 0 Å². The van der Waals surface area contributed by atoms with Crippen molar-refractivity contribution in [2.75, 3.05) is 5.32 Å². The first-order valence-electron chi connectivity index (χ1n) is 6.81. The Morgan fingerprint density at radius 2 is 1.90 bits per heavy atom. The van der Waals surface area contributed by atoms with Crippen LogP contribution in [0.4, 0.5) is 11.4 Å². The van der Waals surface area contributed by atoms with Gasteiger partial charge in [0.15, 0.2) is 0 Å². The number of nitro benzene ring substituents is 1. The van der Waals surface area contributed by atoms with Crippen molar-refractivity contribution in [3.8, 4) is 5.75 Å². The minimum Gasteiger partial charge on any atom is -0.508 e. The minimum absolute atomic E-state index is 0.0887. The third kappa shape index (κ3) is 3.51. The fraction of sp³-hybridized carbons (Fsp3) is 0.250. The quantitative estimate of drug-likeness (QED) is 0.639. The molecule has 1 unspecified atom stereocenters. The molecule has 0 aliphatic carbocycles. The van der Waals surface area contributed by atoms with Crippen LogP contribution in [0.2, 0.25) is 0 Å². The number of nitro groups is 1. The smallest absolute Gasteiger partial charge is 0.269 e. The summed E-state index contributed by atoms with van der Waals surface area (Å²) in [5, 5.41) is 23.5. The molecule has 21 heavy (non-hydrogen) atoms. The van der Waals surface area contributed by atoms with E-state index in [0.717, 1.165) is 23.2 Å². The summed E-state index contributed by atoms with van der Waals surface area (Å²) in [4.78, 5) is 10.4. The molecule has 0 radical (unpaired) electrons. The van der Waals surface area contributed by atoms with Crippen LogP contribution >= 0.6 is 0 Å². The van der Waals surface area contributed by atoms with E-state index in [0.29, 0.717) is 0 Å². The summed E-state index contributed by atoms with van der Waals surface area (Å²) in [6, 6.07) is 11.9. The second-order valence-electron chi connectivity index (χ2n) is 4.95. The number of phenolic OH excluding ortho intramolecular Hbond substituents is 1. The van der Waals surface area contributed by atoms with Crippen molar-refractivity contribution in [2.45, 2.75) is 26.3 Å². The Labute approximate surface area is 123 Å². The molecule has 0 saturated heterocycles. The van der Waals surface area contributed by atoms with Gasteiger partial charge in [-0.15, -0.1) is 0 Å². The normalized spacial score (nSPS) is 11.9. The predicted octanol–water partition coefficient (Wildman–Crippen LogP) is 4.17. The number of anilines is 1. The molecule has 0 bridgehead atoms. The van der Waals surface area contributed by atoms with Gasteiger partial charge in [0.1, 0.15) is 5.75 Å². The van der Waals surface area contributed by atoms with Crippen molar-refractivity contribution in [1.29, 1.82) is 0 Å². The molecule has 110 valence electrons. The van der Waals surface area contributed by atoms with E-state index in [1.54, 1.807) is 24.3 Å². The largest absolute Gasteiger partial charge is 0.508 e. The second kappa shape index (κ2) is 6.26. The van der Waals surface area contributed by atoms with E-state index >= 15 is 0 Å². The van der Waals surface area contributed by atoms with Gasteiger partial charge in [-0.2, -0.15) is 0 Å². The number of aromatic hydroxyl groups is 1. The van der Waals surface area contributed by atoms with Crippen molar-refractivity contribution < 1.29 is 10.0 Å². The second-order valence-corrected chi connectivity index (χ2v) is 4.95. The number of non-ortho nitro benzene ring substituents is 1. The van der Waals surface area contributed by atoms with Crippen LogP contribution in [0.3, 0.4) is 0 Å². The first kappa shape index (κ1) is 14.8. The molecule has 2 aromatic rings. The summed E-state index contributed by atoms with van der Waals surface area (Å²) in [5.41, 5.74) is 2.87. The lowest BCUT2D eigenvalue weighted by Crippen LogP contribution is -2.10. The van der Waals surface area contributed by atoms with Crippen molar-refractivity contribution in [2.24, 2.45) is 0 Å². The molecule has 0 fully saturated rings. The Balaban J connectivity index is 2.22. The van der Waals surface area contributed by atoms with E-state index in [-0.39, 0.29) is 17.5 Å². The van der Waals surface area contributed by atoms with E-state index in [2.05, 4.69) is 12.2 Å². The molecule has 5 nitrogen and oxygen atoms in total. The monoisotopic (exact) mass is 286 g/mol. The Kier molecular flexibility index (Phi) is 4.42. The molecule has 0 heterocycles. The molecule has 0 spiro atoms. The minimum atomic E-state index is -0.395. The lowest BCUT2D eigenvalue weighted by Gasteiger charge is -2.20. The van der Waals surface area contributed by atoms with Crippen LogP contribution in [0, 0.1) is 17.0 Å². The average Bonchev–Trinajstić information content (AvgIpc) is 2.47. The highest BCUT2D eigenvalue weighted by Crippen LogP contribution is 2.28. The summed E-state index contributed by atoms with van der Waals surface area (Å²) >= 11 is 0. The van der Waals surface area contributed by atoms with Crippen LogP contribution in [0.1, 0.15) is 30.5 Å². The standard InChI is InChI=1S/C16H18N2O3/c1-3-15(12-4-7-14(19)8-5-12)17-16-9-6-13(18(20)21)10-11(16)2/h4-10,15,17,19H,3H2,1-2H3. The number of nitrogens with one attached hydrogen (secondary N) is 1. The molecule has 5 heteroatoms. The fourth-order valence-electron chi connectivity index (χ4n) is 2.24. The summed E-state index contributed by atoms with van der Waals surface area (Å²) in [5.74, 6) is 0.236. The summed E-state index contributed by atoms with van der Waals surface area (Å²) in [7, 11) is 0. The first-order chi connectivity index (χ1) is 10.0. The maximum absolute atomic E-state index is 10.8. The molecule has 1 atom stereocenters. The van der Waals surface area contributed by atoms with Crippen LogP contribution in [0.15, 0.2) is 42.5 Å². The number of benzene rings is 2. The van der Waals surface area contributed by atoms with Crippen LogP contribution in [-0.2, 0) is 0 Å². The fourth-order valence-corrected chi connectivity index (χ4v) is 2.24. The van der Waals surface area contributed by atoms with E-state index in [9.17, 15) is 15.2 Å². The van der Waals surface area contributed by atoms with Gasteiger partial charge in [-0.05, 0) is 42.7 Å². The van der Waals surface area contributed by atoms with Crippen molar-refractivity contribution >= 4 is 11.4 Å². The first-order valence-corrected chi connectivity index (χ1v) is 6.81. The van der Waals surface area contributed by atoms with Gasteiger partial charge in [-0.25, -0.2) is 0 Å². The van der Waals surface area contributed by atoms with Gasteiger partial charge in [0.2, 0.25) is 0 Å². The van der Waals surface area contributed by atoms with E-state index in [1.807, 2.05) is 19.1 Å². The maximum atomic E-state index is 10.8. The predicted molar refractivity (Wildman–Crippen MR) is 82.6 cm³/mol. The molecule has 2 rings (SSSR count). The number of hydrogen-bond donors (Lipinski definition) is 2. The van der Waals surface area contributed by atoms with Crippen molar-refractivity contribution in [1.82, 2.24) is 0 Å². The zero-order chi connectivity index (χ0) is 15.4. The molecule has 0 aliphatic heterocycles. The van der Waals surface area contributed by atoms with Crippen LogP contribution in [0.5, 0.6) is 5.75 Å². The molecule has 0 aliphatic rings. The molecular formula is C16H18N2O3. The van der Waals surface area contributed by atoms with E-state index < -0.39 is 4.92 Å². The van der Waals surface area contributed by atoms with Crippen molar-refractivity contribution in [3.05, 3.63) is 63.7 Å². The molecular weight excluding hydrogens is 268 g/mol. The van der Waals surface area contributed by atoms with Crippen molar-refractivity contribution in [3.63, 3.8) is 0 Å². The number of aryl methyl sites for hydroxylation is 1. The number of phenols is 1. The van der Waals surface area contributed by atoms with Gasteiger partial charge in [0.05, 0.1) is 11.0 Å². The zero-order valence-corrected chi connectivity index (χ0v) is 12.0. The van der Waals surface area contributed by atoms with Gasteiger partial charge in [0.25, 0.3) is 5.69 Å². The summed E-state index contributed by atoms with van der Waals surface area (Å²) in [6.07, 6.45) is 0.862. The third-order valence-corrected chi connectivity index (χ3v) is 3.45. The van der Waals surface area contributed by atoms with E-state index in [1.165, 1.54) is 6.07 Å². The highest BCUT2D eigenvalue weighted by Gasteiger charge is 2.13. The average molecular weight is 286 g/mol. The maximum Gasteiger partial charge on any atom is 0.269 e. The van der Waals surface area contributed by atoms with Crippen LogP contribution in [-0.4, -0.2) is 10.0 Å². The lowest BCUT2D eigenvalue weighted by atomic mass is 10.0. The van der Waals surface area contributed by atoms with Gasteiger partial charge in [0, 0.05) is 17.8 Å². The SMILES string of the molecule is CCC(Nc1ccc([N+](=O)[O-])cc1C)c1ccc(O)cc1. The molecule has 2 aromatic carbocycles. The third-order valence-electron chi connectivity index (χ3n) is 3.45. The lowest BCUT2D eigenvalue weighted by molar-refractivity contribution is -0.384. The van der Waals surface area contributed by atoms with Gasteiger partial charge < -0.3 is 10.4 Å². The Morgan fingerprint density at radius 1 is 1.24 bits per heavy atom.